The molecule has 1 atom stereocenters. The molecule has 0 saturated heterocycles. The lowest BCUT2D eigenvalue weighted by Gasteiger charge is -2.34. The van der Waals surface area contributed by atoms with Gasteiger partial charge in [-0.05, 0) is 47.0 Å². The maximum absolute atomic E-state index is 12.7. The van der Waals surface area contributed by atoms with E-state index in [0.29, 0.717) is 17.7 Å². The number of aromatic nitrogens is 4. The monoisotopic (exact) mass is 433 g/mol. The van der Waals surface area contributed by atoms with Gasteiger partial charge in [0.25, 0.3) is 5.56 Å². The fourth-order valence-electron chi connectivity index (χ4n) is 4.49. The summed E-state index contributed by atoms with van der Waals surface area (Å²) in [6.45, 7) is 1.63. The second kappa shape index (κ2) is 6.87. The van der Waals surface area contributed by atoms with Gasteiger partial charge in [-0.2, -0.15) is 0 Å². The summed E-state index contributed by atoms with van der Waals surface area (Å²) in [5.74, 6) is 1.44. The van der Waals surface area contributed by atoms with Crippen molar-refractivity contribution in [1.29, 1.82) is 0 Å². The third-order valence-corrected chi connectivity index (χ3v) is 7.84. The van der Waals surface area contributed by atoms with Crippen molar-refractivity contribution in [1.82, 2.24) is 24.1 Å². The Kier molecular flexibility index (Phi) is 4.12. The van der Waals surface area contributed by atoms with Crippen LogP contribution in [-0.4, -0.2) is 30.6 Å². The summed E-state index contributed by atoms with van der Waals surface area (Å²) in [5.41, 5.74) is 2.21. The summed E-state index contributed by atoms with van der Waals surface area (Å²) in [6.07, 6.45) is 1.05. The van der Waals surface area contributed by atoms with E-state index in [1.165, 1.54) is 15.3 Å². The first-order chi connectivity index (χ1) is 14.7. The van der Waals surface area contributed by atoms with Gasteiger partial charge in [-0.3, -0.25) is 18.7 Å². The summed E-state index contributed by atoms with van der Waals surface area (Å²) >= 11 is 3.65. The molecular weight excluding hydrogens is 414 g/mol. The summed E-state index contributed by atoms with van der Waals surface area (Å²) in [5, 5.41) is 13.9. The molecule has 150 valence electrons. The highest BCUT2D eigenvalue weighted by Gasteiger charge is 2.31. The Morgan fingerprint density at radius 1 is 1.07 bits per heavy atom. The molecule has 5 aromatic rings. The van der Waals surface area contributed by atoms with Crippen LogP contribution in [0.3, 0.4) is 0 Å². The highest BCUT2D eigenvalue weighted by atomic mass is 32.1. The van der Waals surface area contributed by atoms with Gasteiger partial charge in [-0.15, -0.1) is 32.9 Å². The second-order valence-electron chi connectivity index (χ2n) is 7.57. The summed E-state index contributed by atoms with van der Waals surface area (Å²) in [4.78, 5) is 18.0. The Morgan fingerprint density at radius 2 is 1.97 bits per heavy atom. The third-order valence-electron chi connectivity index (χ3n) is 5.92. The van der Waals surface area contributed by atoms with Crippen molar-refractivity contribution < 1.29 is 0 Å². The largest absolute Gasteiger partial charge is 0.284 e. The maximum Gasteiger partial charge on any atom is 0.262 e. The zero-order valence-electron chi connectivity index (χ0n) is 16.4. The van der Waals surface area contributed by atoms with Crippen LogP contribution in [0.2, 0.25) is 0 Å². The van der Waals surface area contributed by atoms with E-state index < -0.39 is 0 Å². The number of para-hydroxylation sites is 1. The van der Waals surface area contributed by atoms with Gasteiger partial charge in [0, 0.05) is 23.3 Å². The van der Waals surface area contributed by atoms with Crippen molar-refractivity contribution in [3.63, 3.8) is 0 Å². The highest BCUT2D eigenvalue weighted by Crippen LogP contribution is 2.40. The Hall–Kier alpha value is -2.81. The average Bonchev–Trinajstić information content (AvgIpc) is 3.52. The predicted molar refractivity (Wildman–Crippen MR) is 120 cm³/mol. The van der Waals surface area contributed by atoms with Crippen LogP contribution in [0.25, 0.3) is 16.7 Å². The normalized spacial score (nSPS) is 17.0. The zero-order chi connectivity index (χ0) is 20.2. The molecule has 0 saturated carbocycles. The maximum atomic E-state index is 12.7. The molecule has 0 bridgehead atoms. The molecule has 30 heavy (non-hydrogen) atoms. The van der Waals surface area contributed by atoms with Crippen LogP contribution in [0.1, 0.15) is 27.2 Å². The zero-order valence-corrected chi connectivity index (χ0v) is 18.0. The van der Waals surface area contributed by atoms with Crippen LogP contribution in [-0.2, 0) is 20.0 Å². The first-order valence-corrected chi connectivity index (χ1v) is 11.6. The SMILES string of the molecule is Cn1c(=O)c2ccccc2n2c(CN3CCc4sccc4C3c3cccs3)nnc12. The van der Waals surface area contributed by atoms with Gasteiger partial charge in [0.1, 0.15) is 0 Å². The van der Waals surface area contributed by atoms with Crippen LogP contribution >= 0.6 is 22.7 Å². The molecule has 6 nitrogen and oxygen atoms in total. The van der Waals surface area contributed by atoms with Crippen molar-refractivity contribution in [2.45, 2.75) is 19.0 Å². The van der Waals surface area contributed by atoms with Crippen molar-refractivity contribution >= 4 is 39.4 Å². The van der Waals surface area contributed by atoms with Crippen molar-refractivity contribution in [2.75, 3.05) is 6.54 Å². The average molecular weight is 434 g/mol. The summed E-state index contributed by atoms with van der Waals surface area (Å²) in [6, 6.07) is 14.5. The van der Waals surface area contributed by atoms with E-state index in [2.05, 4.69) is 44.1 Å². The van der Waals surface area contributed by atoms with Crippen molar-refractivity contribution in [3.8, 4) is 0 Å². The number of hydrogen-bond acceptors (Lipinski definition) is 6. The number of thiophene rings is 2. The lowest BCUT2D eigenvalue weighted by molar-refractivity contribution is 0.203. The number of hydrogen-bond donors (Lipinski definition) is 0. The molecule has 0 amide bonds. The van der Waals surface area contributed by atoms with Gasteiger partial charge in [0.05, 0.1) is 23.5 Å². The van der Waals surface area contributed by atoms with Crippen LogP contribution < -0.4 is 5.56 Å². The fraction of sp³-hybridized carbons (Fsp3) is 0.227. The first kappa shape index (κ1) is 18.0. The Bertz CT molecular complexity index is 1430. The molecule has 1 aliphatic heterocycles. The quantitative estimate of drug-likeness (QED) is 0.434. The Balaban J connectivity index is 1.50. The lowest BCUT2D eigenvalue weighted by Crippen LogP contribution is -2.35. The molecule has 0 N–H and O–H groups in total. The Labute approximate surface area is 180 Å². The topological polar surface area (TPSA) is 55.4 Å². The van der Waals surface area contributed by atoms with Gasteiger partial charge in [0.15, 0.2) is 5.82 Å². The molecular formula is C22H19N5OS2. The minimum absolute atomic E-state index is 0.0469. The van der Waals surface area contributed by atoms with Crippen LogP contribution in [0.5, 0.6) is 0 Å². The van der Waals surface area contributed by atoms with Gasteiger partial charge in [-0.1, -0.05) is 18.2 Å². The van der Waals surface area contributed by atoms with E-state index in [1.807, 2.05) is 40.0 Å². The number of nitrogens with zero attached hydrogens (tertiary/aromatic N) is 5. The molecule has 0 fully saturated rings. The molecule has 4 aromatic heterocycles. The van der Waals surface area contributed by atoms with Gasteiger partial charge in [-0.25, -0.2) is 0 Å². The Morgan fingerprint density at radius 3 is 2.83 bits per heavy atom. The van der Waals surface area contributed by atoms with E-state index in [-0.39, 0.29) is 11.6 Å². The fourth-order valence-corrected chi connectivity index (χ4v) is 6.27. The molecule has 6 rings (SSSR count). The van der Waals surface area contributed by atoms with Crippen molar-refractivity contribution in [3.05, 3.63) is 84.7 Å². The number of rotatable bonds is 3. The lowest BCUT2D eigenvalue weighted by atomic mass is 9.98. The molecule has 0 aliphatic carbocycles. The van der Waals surface area contributed by atoms with Gasteiger partial charge < -0.3 is 0 Å². The minimum atomic E-state index is -0.0469. The molecule has 0 spiro atoms. The standard InChI is InChI=1S/C22H19N5OS2/c1-25-21(28)14-5-2-3-6-16(14)27-19(23-24-22(25)27)13-26-10-8-17-15(9-12-30-17)20(26)18-7-4-11-29-18/h2-7,9,11-12,20H,8,10,13H2,1H3. The summed E-state index contributed by atoms with van der Waals surface area (Å²) in [7, 11) is 1.76. The van der Waals surface area contributed by atoms with Crippen LogP contribution in [0.15, 0.2) is 58.0 Å². The van der Waals surface area contributed by atoms with E-state index in [9.17, 15) is 4.79 Å². The van der Waals surface area contributed by atoms with Gasteiger partial charge in [0.2, 0.25) is 5.78 Å². The minimum Gasteiger partial charge on any atom is -0.284 e. The number of benzene rings is 1. The number of aryl methyl sites for hydroxylation is 1. The second-order valence-corrected chi connectivity index (χ2v) is 9.55. The van der Waals surface area contributed by atoms with E-state index in [1.54, 1.807) is 23.0 Å². The van der Waals surface area contributed by atoms with Crippen LogP contribution in [0, 0.1) is 0 Å². The van der Waals surface area contributed by atoms with E-state index in [0.717, 1.165) is 24.3 Å². The molecule has 0 radical (unpaired) electrons. The van der Waals surface area contributed by atoms with E-state index >= 15 is 0 Å². The molecule has 1 unspecified atom stereocenters. The first-order valence-electron chi connectivity index (χ1n) is 9.88. The molecule has 1 aromatic carbocycles. The molecule has 8 heteroatoms. The summed E-state index contributed by atoms with van der Waals surface area (Å²) < 4.78 is 3.62. The number of fused-ring (bicyclic) bond motifs is 4. The molecule has 5 heterocycles. The van der Waals surface area contributed by atoms with Gasteiger partial charge >= 0.3 is 0 Å². The third kappa shape index (κ3) is 2.61. The van der Waals surface area contributed by atoms with Crippen LogP contribution in [0.4, 0.5) is 0 Å². The smallest absolute Gasteiger partial charge is 0.262 e. The predicted octanol–water partition coefficient (Wildman–Crippen LogP) is 3.85. The molecule has 1 aliphatic rings. The van der Waals surface area contributed by atoms with Crippen molar-refractivity contribution in [2.24, 2.45) is 7.05 Å². The highest BCUT2D eigenvalue weighted by molar-refractivity contribution is 7.10. The van der Waals surface area contributed by atoms with E-state index in [4.69, 9.17) is 0 Å².